The number of fused-ring (bicyclic) bond motifs is 1. The van der Waals surface area contributed by atoms with Gasteiger partial charge in [-0.2, -0.15) is 0 Å². The number of ether oxygens (including phenoxy) is 2. The number of phenolic OH excluding ortho intramolecular Hbond substituents is 1. The SMILES string of the molecule is O=C(Nc1cccc(C(O)(C(=O)OCC2CCN(Cc3ccccc3)CC2)c2ccccc2)c1)OCCCCCNC[C@H](O)c1ccc(O)c2[nH]c(=O)ccc12. The number of benzene rings is 4. The Morgan fingerprint density at radius 1 is 0.857 bits per heavy atom. The summed E-state index contributed by atoms with van der Waals surface area (Å²) in [5, 5.41) is 39.4. The number of unbranched alkanes of at least 4 members (excludes halogenated alkanes) is 2. The van der Waals surface area contributed by atoms with Crippen LogP contribution in [0.4, 0.5) is 10.5 Å². The van der Waals surface area contributed by atoms with Crippen molar-refractivity contribution in [1.82, 2.24) is 15.2 Å². The fourth-order valence-electron chi connectivity index (χ4n) is 7.10. The number of carbonyl (C=O) groups excluding carboxylic acids is 2. The molecule has 1 aromatic heterocycles. The maximum absolute atomic E-state index is 13.8. The fourth-order valence-corrected chi connectivity index (χ4v) is 7.10. The highest BCUT2D eigenvalue weighted by molar-refractivity contribution is 5.88. The molecule has 4 aromatic carbocycles. The van der Waals surface area contributed by atoms with Gasteiger partial charge in [0.25, 0.3) is 0 Å². The van der Waals surface area contributed by atoms with Gasteiger partial charge < -0.3 is 35.1 Å². The third-order valence-corrected chi connectivity index (χ3v) is 10.3. The predicted octanol–water partition coefficient (Wildman–Crippen LogP) is 5.97. The van der Waals surface area contributed by atoms with Crippen molar-refractivity contribution >= 4 is 28.7 Å². The zero-order valence-corrected chi connectivity index (χ0v) is 31.4. The van der Waals surface area contributed by atoms with Crippen LogP contribution in [-0.4, -0.2) is 76.7 Å². The van der Waals surface area contributed by atoms with Crippen molar-refractivity contribution in [1.29, 1.82) is 0 Å². The first-order chi connectivity index (χ1) is 27.2. The van der Waals surface area contributed by atoms with Gasteiger partial charge in [-0.15, -0.1) is 0 Å². The first kappa shape index (κ1) is 40.1. The normalized spacial score (nSPS) is 15.2. The average molecular weight is 763 g/mol. The summed E-state index contributed by atoms with van der Waals surface area (Å²) in [6.45, 7) is 4.00. The monoisotopic (exact) mass is 762 g/mol. The van der Waals surface area contributed by atoms with Crippen molar-refractivity contribution in [3.8, 4) is 5.75 Å². The van der Waals surface area contributed by atoms with E-state index in [9.17, 15) is 29.7 Å². The number of aliphatic hydroxyl groups excluding tert-OH is 1. The van der Waals surface area contributed by atoms with E-state index in [1.54, 1.807) is 66.7 Å². The second-order valence-corrected chi connectivity index (χ2v) is 14.3. The summed E-state index contributed by atoms with van der Waals surface area (Å²) in [6, 6.07) is 31.5. The molecule has 12 heteroatoms. The van der Waals surface area contributed by atoms with Gasteiger partial charge in [0.05, 0.1) is 24.8 Å². The van der Waals surface area contributed by atoms with E-state index < -0.39 is 23.8 Å². The number of piperidine rings is 1. The molecule has 1 amide bonds. The van der Waals surface area contributed by atoms with E-state index >= 15 is 0 Å². The topological polar surface area (TPSA) is 173 Å². The van der Waals surface area contributed by atoms with E-state index in [0.29, 0.717) is 35.2 Å². The number of amides is 1. The molecule has 0 bridgehead atoms. The van der Waals surface area contributed by atoms with Gasteiger partial charge in [-0.05, 0) is 98.6 Å². The van der Waals surface area contributed by atoms with E-state index in [1.165, 1.54) is 17.7 Å². The molecule has 294 valence electrons. The summed E-state index contributed by atoms with van der Waals surface area (Å²) in [6.07, 6.45) is 2.45. The third kappa shape index (κ3) is 10.4. The number of aromatic hydroxyl groups is 1. The Bertz CT molecular complexity index is 2100. The smallest absolute Gasteiger partial charge is 0.411 e. The molecule has 6 N–H and O–H groups in total. The Morgan fingerprint density at radius 2 is 1.59 bits per heavy atom. The molecule has 0 saturated carbocycles. The Morgan fingerprint density at radius 3 is 2.36 bits per heavy atom. The van der Waals surface area contributed by atoms with Crippen LogP contribution in [0.2, 0.25) is 0 Å². The molecular formula is C44H50N4O8. The molecule has 6 rings (SSSR count). The fraction of sp³-hybridized carbons (Fsp3) is 0.341. The maximum atomic E-state index is 13.8. The molecule has 1 saturated heterocycles. The molecule has 1 aliphatic rings. The maximum Gasteiger partial charge on any atom is 0.411 e. The van der Waals surface area contributed by atoms with Gasteiger partial charge in [0, 0.05) is 35.8 Å². The number of nitrogens with one attached hydrogen (secondary N) is 3. The number of likely N-dealkylation sites (tertiary alicyclic amines) is 1. The van der Waals surface area contributed by atoms with Crippen LogP contribution in [0.5, 0.6) is 5.75 Å². The van der Waals surface area contributed by atoms with Gasteiger partial charge in [-0.25, -0.2) is 9.59 Å². The lowest BCUT2D eigenvalue weighted by molar-refractivity contribution is -0.164. The Hall–Kier alpha value is -5.53. The van der Waals surface area contributed by atoms with Crippen LogP contribution in [0, 0.1) is 5.92 Å². The number of phenols is 1. The van der Waals surface area contributed by atoms with Crippen molar-refractivity contribution in [2.45, 2.75) is 50.4 Å². The zero-order valence-electron chi connectivity index (χ0n) is 31.4. The summed E-state index contributed by atoms with van der Waals surface area (Å²) in [7, 11) is 0. The number of anilines is 1. The number of hydrogen-bond acceptors (Lipinski definition) is 10. The van der Waals surface area contributed by atoms with Crippen LogP contribution in [0.1, 0.15) is 60.5 Å². The molecule has 1 fully saturated rings. The van der Waals surface area contributed by atoms with Gasteiger partial charge in [0.2, 0.25) is 11.2 Å². The van der Waals surface area contributed by atoms with Crippen molar-refractivity contribution in [3.05, 3.63) is 142 Å². The summed E-state index contributed by atoms with van der Waals surface area (Å²) < 4.78 is 11.2. The average Bonchev–Trinajstić information content (AvgIpc) is 3.22. The lowest BCUT2D eigenvalue weighted by Gasteiger charge is -2.33. The van der Waals surface area contributed by atoms with Gasteiger partial charge in [0.15, 0.2) is 0 Å². The van der Waals surface area contributed by atoms with Crippen molar-refractivity contribution in [2.75, 3.05) is 44.7 Å². The van der Waals surface area contributed by atoms with Crippen LogP contribution < -0.4 is 16.2 Å². The second-order valence-electron chi connectivity index (χ2n) is 14.3. The van der Waals surface area contributed by atoms with Gasteiger partial charge >= 0.3 is 12.1 Å². The predicted molar refractivity (Wildman–Crippen MR) is 214 cm³/mol. The molecule has 56 heavy (non-hydrogen) atoms. The minimum Gasteiger partial charge on any atom is -0.506 e. The van der Waals surface area contributed by atoms with E-state index in [4.69, 9.17) is 9.47 Å². The Labute approximate surface area is 326 Å². The summed E-state index contributed by atoms with van der Waals surface area (Å²) in [5.41, 5.74) is 0.697. The van der Waals surface area contributed by atoms with Crippen LogP contribution in [0.25, 0.3) is 10.9 Å². The second kappa shape index (κ2) is 19.4. The Balaban J connectivity index is 0.939. The van der Waals surface area contributed by atoms with E-state index in [2.05, 4.69) is 32.7 Å². The van der Waals surface area contributed by atoms with Crippen molar-refractivity contribution < 1.29 is 34.4 Å². The molecule has 2 atom stereocenters. The number of rotatable bonds is 17. The quantitative estimate of drug-likeness (QED) is 0.0490. The summed E-state index contributed by atoms with van der Waals surface area (Å²) in [4.78, 5) is 43.1. The largest absolute Gasteiger partial charge is 0.506 e. The molecular weight excluding hydrogens is 713 g/mol. The molecule has 0 aliphatic carbocycles. The Kier molecular flexibility index (Phi) is 13.9. The van der Waals surface area contributed by atoms with Crippen molar-refractivity contribution in [2.24, 2.45) is 5.92 Å². The first-order valence-electron chi connectivity index (χ1n) is 19.2. The van der Waals surface area contributed by atoms with Crippen LogP contribution in [0.15, 0.2) is 114 Å². The van der Waals surface area contributed by atoms with E-state index in [-0.39, 0.29) is 48.1 Å². The summed E-state index contributed by atoms with van der Waals surface area (Å²) >= 11 is 0. The third-order valence-electron chi connectivity index (χ3n) is 10.3. The molecule has 12 nitrogen and oxygen atoms in total. The minimum atomic E-state index is -2.10. The molecule has 1 unspecified atom stereocenters. The van der Waals surface area contributed by atoms with Crippen LogP contribution >= 0.6 is 0 Å². The molecule has 5 aromatic rings. The number of H-pyrrole nitrogens is 1. The van der Waals surface area contributed by atoms with Gasteiger partial charge in [0.1, 0.15) is 5.75 Å². The number of hydrogen-bond donors (Lipinski definition) is 6. The first-order valence-corrected chi connectivity index (χ1v) is 19.2. The van der Waals surface area contributed by atoms with E-state index in [0.717, 1.165) is 45.3 Å². The number of aromatic nitrogens is 1. The molecule has 2 heterocycles. The standard InChI is InChI=1S/C44H50N4O8/c49-38-19-17-36(37-18-20-40(51)47-41(37)38)39(50)28-45-23-8-3-9-26-55-43(53)46-35-16-10-15-34(27-35)44(54,33-13-6-2-7-14-33)42(52)56-30-32-21-24-48(25-22-32)29-31-11-4-1-5-12-31/h1-2,4-7,10-20,27,32,39,45,49-50,54H,3,8-9,21-26,28-30H2,(H,46,53)(H,47,51)/t39-,44?/m0/s1. The highest BCUT2D eigenvalue weighted by Gasteiger charge is 2.42. The minimum absolute atomic E-state index is 0.0597. The van der Waals surface area contributed by atoms with Gasteiger partial charge in [-0.3, -0.25) is 15.0 Å². The lowest BCUT2D eigenvalue weighted by atomic mass is 9.86. The van der Waals surface area contributed by atoms with Crippen molar-refractivity contribution in [3.63, 3.8) is 0 Å². The molecule has 0 radical (unpaired) electrons. The van der Waals surface area contributed by atoms with Crippen LogP contribution in [0.3, 0.4) is 0 Å². The number of carbonyl (C=O) groups is 2. The molecule has 0 spiro atoms. The lowest BCUT2D eigenvalue weighted by Crippen LogP contribution is -2.40. The highest BCUT2D eigenvalue weighted by atomic mass is 16.6. The van der Waals surface area contributed by atoms with Gasteiger partial charge in [-0.1, -0.05) is 78.9 Å². The number of pyridine rings is 1. The molecule has 1 aliphatic heterocycles. The highest BCUT2D eigenvalue weighted by Crippen LogP contribution is 2.34. The van der Waals surface area contributed by atoms with E-state index in [1.807, 2.05) is 18.2 Å². The number of aromatic amines is 1. The number of esters is 1. The number of aliphatic hydroxyl groups is 2. The summed E-state index contributed by atoms with van der Waals surface area (Å²) in [5.74, 6) is -0.647. The zero-order chi connectivity index (χ0) is 39.3. The van der Waals surface area contributed by atoms with Crippen LogP contribution in [-0.2, 0) is 26.4 Å². The number of nitrogens with zero attached hydrogens (tertiary/aromatic N) is 1.